The number of benzene rings is 3. The standard InChI is InChI=1S/C25H24O3/c1-26-24-18-17-23(28-24)19-27-25(20-11-5-2-6-12-20,21-13-7-3-8-14-21)22-15-9-4-10-16-22/h2-18,23-24H,19H2,1H3/t23-,24-/m0/s1. The molecule has 4 rings (SSSR count). The van der Waals surface area contributed by atoms with Gasteiger partial charge in [0, 0.05) is 7.11 Å². The summed E-state index contributed by atoms with van der Waals surface area (Å²) in [6, 6.07) is 31.0. The van der Waals surface area contributed by atoms with Crippen molar-refractivity contribution in [2.24, 2.45) is 0 Å². The van der Waals surface area contributed by atoms with Gasteiger partial charge in [0.1, 0.15) is 11.7 Å². The summed E-state index contributed by atoms with van der Waals surface area (Å²) in [7, 11) is 1.64. The molecule has 2 atom stereocenters. The van der Waals surface area contributed by atoms with Crippen LogP contribution in [-0.2, 0) is 19.8 Å². The Morgan fingerprint density at radius 3 is 1.57 bits per heavy atom. The highest BCUT2D eigenvalue weighted by atomic mass is 16.7. The maximum Gasteiger partial charge on any atom is 0.177 e. The number of ether oxygens (including phenoxy) is 3. The molecule has 1 heterocycles. The Kier molecular flexibility index (Phi) is 5.68. The van der Waals surface area contributed by atoms with E-state index in [1.165, 1.54) is 0 Å². The molecule has 0 bridgehead atoms. The SMILES string of the molecule is CO[C@@H]1C=C[C@@H](COC(c2ccccc2)(c2ccccc2)c2ccccc2)O1. The van der Waals surface area contributed by atoms with Crippen LogP contribution in [0, 0.1) is 0 Å². The molecule has 3 heteroatoms. The van der Waals surface area contributed by atoms with E-state index in [2.05, 4.69) is 36.4 Å². The molecule has 1 aliphatic rings. The van der Waals surface area contributed by atoms with Crippen LogP contribution in [0.2, 0.25) is 0 Å². The van der Waals surface area contributed by atoms with Crippen LogP contribution in [0.3, 0.4) is 0 Å². The lowest BCUT2D eigenvalue weighted by Crippen LogP contribution is -2.35. The van der Waals surface area contributed by atoms with Crippen molar-refractivity contribution in [3.05, 3.63) is 120 Å². The number of hydrogen-bond acceptors (Lipinski definition) is 3. The van der Waals surface area contributed by atoms with E-state index in [0.717, 1.165) is 16.7 Å². The van der Waals surface area contributed by atoms with Crippen molar-refractivity contribution < 1.29 is 14.2 Å². The molecule has 0 fully saturated rings. The van der Waals surface area contributed by atoms with Crippen LogP contribution in [0.1, 0.15) is 16.7 Å². The monoisotopic (exact) mass is 372 g/mol. The Balaban J connectivity index is 1.78. The van der Waals surface area contributed by atoms with Gasteiger partial charge in [-0.2, -0.15) is 0 Å². The summed E-state index contributed by atoms with van der Waals surface area (Å²) in [6.45, 7) is 0.412. The highest BCUT2D eigenvalue weighted by Gasteiger charge is 2.38. The third-order valence-corrected chi connectivity index (χ3v) is 5.03. The summed E-state index contributed by atoms with van der Waals surface area (Å²) in [5, 5.41) is 0. The van der Waals surface area contributed by atoms with Crippen LogP contribution < -0.4 is 0 Å². The van der Waals surface area contributed by atoms with Crippen molar-refractivity contribution in [3.8, 4) is 0 Å². The van der Waals surface area contributed by atoms with Crippen molar-refractivity contribution in [1.29, 1.82) is 0 Å². The lowest BCUT2D eigenvalue weighted by Gasteiger charge is -2.36. The molecule has 28 heavy (non-hydrogen) atoms. The first-order chi connectivity index (χ1) is 13.8. The molecule has 3 nitrogen and oxygen atoms in total. The minimum atomic E-state index is -0.730. The van der Waals surface area contributed by atoms with Gasteiger partial charge in [0.15, 0.2) is 6.29 Å². The van der Waals surface area contributed by atoms with Gasteiger partial charge in [0.05, 0.1) is 6.61 Å². The van der Waals surface area contributed by atoms with Gasteiger partial charge >= 0.3 is 0 Å². The third-order valence-electron chi connectivity index (χ3n) is 5.03. The molecule has 0 spiro atoms. The summed E-state index contributed by atoms with van der Waals surface area (Å²) in [5.41, 5.74) is 2.51. The van der Waals surface area contributed by atoms with Crippen molar-refractivity contribution >= 4 is 0 Å². The maximum absolute atomic E-state index is 6.73. The lowest BCUT2D eigenvalue weighted by molar-refractivity contribution is -0.126. The second-order valence-electron chi connectivity index (χ2n) is 6.75. The van der Waals surface area contributed by atoms with E-state index in [0.29, 0.717) is 6.61 Å². The van der Waals surface area contributed by atoms with Gasteiger partial charge < -0.3 is 14.2 Å². The van der Waals surface area contributed by atoms with Crippen LogP contribution in [0.15, 0.2) is 103 Å². The Morgan fingerprint density at radius 1 is 0.714 bits per heavy atom. The van der Waals surface area contributed by atoms with Crippen molar-refractivity contribution in [3.63, 3.8) is 0 Å². The average Bonchev–Trinajstić information content (AvgIpc) is 3.25. The normalized spacial score (nSPS) is 19.0. The van der Waals surface area contributed by atoms with Crippen molar-refractivity contribution in [2.45, 2.75) is 18.0 Å². The van der Waals surface area contributed by atoms with E-state index in [4.69, 9.17) is 14.2 Å². The fourth-order valence-corrected chi connectivity index (χ4v) is 3.68. The molecule has 0 N–H and O–H groups in total. The molecular weight excluding hydrogens is 348 g/mol. The quantitative estimate of drug-likeness (QED) is 0.435. The van der Waals surface area contributed by atoms with Gasteiger partial charge in [-0.3, -0.25) is 0 Å². The van der Waals surface area contributed by atoms with Crippen LogP contribution in [-0.4, -0.2) is 26.1 Å². The molecule has 0 saturated heterocycles. The molecule has 142 valence electrons. The largest absolute Gasteiger partial charge is 0.358 e. The average molecular weight is 372 g/mol. The summed E-state index contributed by atoms with van der Waals surface area (Å²) in [6.07, 6.45) is 3.46. The zero-order chi connectivity index (χ0) is 19.2. The molecule has 0 saturated carbocycles. The maximum atomic E-state index is 6.73. The van der Waals surface area contributed by atoms with Crippen LogP contribution in [0.4, 0.5) is 0 Å². The van der Waals surface area contributed by atoms with Gasteiger partial charge in [-0.25, -0.2) is 0 Å². The van der Waals surface area contributed by atoms with Gasteiger partial charge in [0.2, 0.25) is 0 Å². The Morgan fingerprint density at radius 2 is 1.18 bits per heavy atom. The Bertz CT molecular complexity index is 794. The van der Waals surface area contributed by atoms with Gasteiger partial charge in [-0.15, -0.1) is 0 Å². The molecule has 1 aliphatic heterocycles. The Labute approximate surface area is 166 Å². The molecule has 3 aromatic rings. The number of hydrogen-bond donors (Lipinski definition) is 0. The van der Waals surface area contributed by atoms with Crippen molar-refractivity contribution in [1.82, 2.24) is 0 Å². The van der Waals surface area contributed by atoms with Gasteiger partial charge in [0.25, 0.3) is 0 Å². The first kappa shape index (κ1) is 18.6. The topological polar surface area (TPSA) is 27.7 Å². The fraction of sp³-hybridized carbons (Fsp3) is 0.200. The highest BCUT2D eigenvalue weighted by Crippen LogP contribution is 2.40. The molecular formula is C25H24O3. The smallest absolute Gasteiger partial charge is 0.177 e. The molecule has 0 radical (unpaired) electrons. The molecule has 0 unspecified atom stereocenters. The summed E-state index contributed by atoms with van der Waals surface area (Å²) < 4.78 is 17.9. The van der Waals surface area contributed by atoms with E-state index in [-0.39, 0.29) is 12.4 Å². The zero-order valence-electron chi connectivity index (χ0n) is 15.9. The van der Waals surface area contributed by atoms with E-state index in [1.807, 2.05) is 66.7 Å². The van der Waals surface area contributed by atoms with E-state index in [9.17, 15) is 0 Å². The van der Waals surface area contributed by atoms with E-state index in [1.54, 1.807) is 7.11 Å². The van der Waals surface area contributed by atoms with Crippen LogP contribution in [0.5, 0.6) is 0 Å². The minimum absolute atomic E-state index is 0.152. The van der Waals surface area contributed by atoms with Gasteiger partial charge in [-0.05, 0) is 22.8 Å². The fourth-order valence-electron chi connectivity index (χ4n) is 3.68. The molecule has 0 aromatic heterocycles. The second-order valence-corrected chi connectivity index (χ2v) is 6.75. The van der Waals surface area contributed by atoms with Crippen LogP contribution >= 0.6 is 0 Å². The molecule has 0 amide bonds. The molecule has 0 aliphatic carbocycles. The highest BCUT2D eigenvalue weighted by molar-refractivity contribution is 5.47. The first-order valence-electron chi connectivity index (χ1n) is 9.50. The number of methoxy groups -OCH3 is 1. The van der Waals surface area contributed by atoms with Crippen molar-refractivity contribution in [2.75, 3.05) is 13.7 Å². The van der Waals surface area contributed by atoms with Crippen LogP contribution in [0.25, 0.3) is 0 Å². The minimum Gasteiger partial charge on any atom is -0.358 e. The number of rotatable bonds is 7. The zero-order valence-corrected chi connectivity index (χ0v) is 15.9. The second kappa shape index (κ2) is 8.53. The van der Waals surface area contributed by atoms with E-state index >= 15 is 0 Å². The first-order valence-corrected chi connectivity index (χ1v) is 9.50. The predicted octanol–water partition coefficient (Wildman–Crippen LogP) is 4.92. The van der Waals surface area contributed by atoms with Gasteiger partial charge in [-0.1, -0.05) is 97.1 Å². The predicted molar refractivity (Wildman–Crippen MR) is 110 cm³/mol. The summed E-state index contributed by atoms with van der Waals surface area (Å²) >= 11 is 0. The summed E-state index contributed by atoms with van der Waals surface area (Å²) in [5.74, 6) is 0. The third kappa shape index (κ3) is 3.65. The molecule has 3 aromatic carbocycles. The van der Waals surface area contributed by atoms with E-state index < -0.39 is 5.60 Å². The Hall–Kier alpha value is -2.72. The summed E-state index contributed by atoms with van der Waals surface area (Å²) in [4.78, 5) is 0. The lowest BCUT2D eigenvalue weighted by atomic mass is 9.80.